The molecule has 6 rings (SSSR count). The number of amides is 1. The second kappa shape index (κ2) is 12.8. The number of nitrogens with one attached hydrogen (secondary N) is 1. The molecule has 0 bridgehead atoms. The first-order valence-electron chi connectivity index (χ1n) is 15.2. The van der Waals surface area contributed by atoms with Crippen LogP contribution < -0.4 is 30.8 Å². The minimum absolute atomic E-state index is 0.0545. The molecule has 5 aromatic rings. The number of hydrogen-bond donors (Lipinski definition) is 2. The molecule has 12 nitrogen and oxygen atoms in total. The molecule has 13 heteroatoms. The van der Waals surface area contributed by atoms with Gasteiger partial charge in [0, 0.05) is 36.5 Å². The van der Waals surface area contributed by atoms with Crippen LogP contribution in [-0.2, 0) is 16.6 Å². The Kier molecular flexibility index (Phi) is 8.63. The Labute approximate surface area is 274 Å². The fourth-order valence-corrected chi connectivity index (χ4v) is 5.22. The standard InChI is InChI=1S/C35H34FN5O7/c1-20(37)34(44)48-35(13-14-35)19-46-30-18-26-24(17-29(30)45-4)27(12-15-38-26)47-28-11-10-22(16-25(28)36)39-32(42)31-21(2)40(3)41(33(31)43)23-8-6-5-7-9-23/h5-12,15-18,20H,13-14,19,37H2,1-4H3,(H,39,42)/t20-/m0/s1. The van der Waals surface area contributed by atoms with Crippen molar-refractivity contribution >= 4 is 28.5 Å². The predicted molar refractivity (Wildman–Crippen MR) is 176 cm³/mol. The summed E-state index contributed by atoms with van der Waals surface area (Å²) in [6.45, 7) is 3.34. The minimum Gasteiger partial charge on any atom is -0.493 e. The van der Waals surface area contributed by atoms with Crippen molar-refractivity contribution in [3.63, 3.8) is 0 Å². The van der Waals surface area contributed by atoms with E-state index in [4.69, 9.17) is 24.7 Å². The number of para-hydroxylation sites is 1. The van der Waals surface area contributed by atoms with E-state index in [2.05, 4.69) is 10.3 Å². The van der Waals surface area contributed by atoms with Crippen molar-refractivity contribution in [1.29, 1.82) is 0 Å². The Morgan fingerprint density at radius 3 is 2.46 bits per heavy atom. The molecule has 2 heterocycles. The number of benzene rings is 3. The molecule has 1 fully saturated rings. The number of methoxy groups -OCH3 is 1. The summed E-state index contributed by atoms with van der Waals surface area (Å²) in [7, 11) is 3.17. The summed E-state index contributed by atoms with van der Waals surface area (Å²) in [4.78, 5) is 42.9. The first kappa shape index (κ1) is 32.3. The Morgan fingerprint density at radius 1 is 1.04 bits per heavy atom. The summed E-state index contributed by atoms with van der Waals surface area (Å²) in [6.07, 6.45) is 2.83. The first-order valence-corrected chi connectivity index (χ1v) is 15.2. The molecule has 1 aliphatic rings. The lowest BCUT2D eigenvalue weighted by Crippen LogP contribution is -2.35. The smallest absolute Gasteiger partial charge is 0.323 e. The number of ether oxygens (including phenoxy) is 4. The van der Waals surface area contributed by atoms with Crippen molar-refractivity contribution in [2.45, 2.75) is 38.3 Å². The zero-order chi connectivity index (χ0) is 34.2. The number of pyridine rings is 1. The van der Waals surface area contributed by atoms with E-state index in [-0.39, 0.29) is 23.6 Å². The normalized spacial score (nSPS) is 13.9. The van der Waals surface area contributed by atoms with E-state index >= 15 is 4.39 Å². The molecule has 1 atom stereocenters. The van der Waals surface area contributed by atoms with Gasteiger partial charge in [0.1, 0.15) is 29.6 Å². The van der Waals surface area contributed by atoms with E-state index in [1.165, 1.54) is 30.1 Å². The fourth-order valence-electron chi connectivity index (χ4n) is 5.22. The lowest BCUT2D eigenvalue weighted by atomic mass is 10.1. The van der Waals surface area contributed by atoms with E-state index in [1.54, 1.807) is 68.0 Å². The number of fused-ring (bicyclic) bond motifs is 1. The second-order valence-electron chi connectivity index (χ2n) is 11.6. The average molecular weight is 656 g/mol. The van der Waals surface area contributed by atoms with Gasteiger partial charge in [-0.05, 0) is 63.1 Å². The van der Waals surface area contributed by atoms with E-state index < -0.39 is 34.9 Å². The van der Waals surface area contributed by atoms with Crippen LogP contribution in [0.5, 0.6) is 23.0 Å². The van der Waals surface area contributed by atoms with Crippen LogP contribution in [0.4, 0.5) is 10.1 Å². The minimum atomic E-state index is -0.743. The van der Waals surface area contributed by atoms with Crippen LogP contribution in [0.1, 0.15) is 35.8 Å². The molecule has 1 aliphatic carbocycles. The molecule has 0 spiro atoms. The van der Waals surface area contributed by atoms with Crippen molar-refractivity contribution in [2.75, 3.05) is 19.0 Å². The number of anilines is 1. The van der Waals surface area contributed by atoms with Crippen LogP contribution in [-0.4, -0.2) is 51.6 Å². The number of esters is 1. The number of carbonyl (C=O) groups excluding carboxylic acids is 2. The third-order valence-electron chi connectivity index (χ3n) is 8.17. The maximum atomic E-state index is 15.4. The summed E-state index contributed by atoms with van der Waals surface area (Å²) in [6, 6.07) is 17.1. The highest BCUT2D eigenvalue weighted by molar-refractivity contribution is 6.05. The highest BCUT2D eigenvalue weighted by Crippen LogP contribution is 2.43. The van der Waals surface area contributed by atoms with Crippen molar-refractivity contribution in [3.05, 3.63) is 100 Å². The molecule has 1 saturated carbocycles. The summed E-state index contributed by atoms with van der Waals surface area (Å²) in [5, 5.41) is 3.15. The molecule has 248 valence electrons. The van der Waals surface area contributed by atoms with Gasteiger partial charge in [0.2, 0.25) is 0 Å². The van der Waals surface area contributed by atoms with Gasteiger partial charge in [-0.3, -0.25) is 24.0 Å². The van der Waals surface area contributed by atoms with E-state index in [0.717, 1.165) is 6.07 Å². The molecule has 0 saturated heterocycles. The van der Waals surface area contributed by atoms with Gasteiger partial charge in [-0.15, -0.1) is 0 Å². The van der Waals surface area contributed by atoms with Crippen molar-refractivity contribution < 1.29 is 32.9 Å². The molecule has 2 aromatic heterocycles. The number of hydrogen-bond acceptors (Lipinski definition) is 9. The van der Waals surface area contributed by atoms with Crippen LogP contribution in [0.2, 0.25) is 0 Å². The van der Waals surface area contributed by atoms with Gasteiger partial charge in [0.05, 0.1) is 24.0 Å². The lowest BCUT2D eigenvalue weighted by Gasteiger charge is -2.20. The molecule has 0 unspecified atom stereocenters. The van der Waals surface area contributed by atoms with Crippen molar-refractivity contribution in [1.82, 2.24) is 14.3 Å². The molecule has 0 radical (unpaired) electrons. The van der Waals surface area contributed by atoms with Crippen LogP contribution >= 0.6 is 0 Å². The van der Waals surface area contributed by atoms with Crippen LogP contribution in [0, 0.1) is 12.7 Å². The van der Waals surface area contributed by atoms with E-state index in [9.17, 15) is 14.4 Å². The monoisotopic (exact) mass is 655 g/mol. The summed E-state index contributed by atoms with van der Waals surface area (Å²) < 4.78 is 41.4. The molecule has 1 amide bonds. The highest BCUT2D eigenvalue weighted by Gasteiger charge is 2.48. The maximum absolute atomic E-state index is 15.4. The first-order chi connectivity index (χ1) is 23.0. The summed E-state index contributed by atoms with van der Waals surface area (Å²) in [5.41, 5.74) is 6.05. The van der Waals surface area contributed by atoms with Gasteiger partial charge in [-0.25, -0.2) is 9.07 Å². The third kappa shape index (κ3) is 6.32. The van der Waals surface area contributed by atoms with Crippen LogP contribution in [0.3, 0.4) is 0 Å². The molecule has 48 heavy (non-hydrogen) atoms. The zero-order valence-corrected chi connectivity index (χ0v) is 26.8. The van der Waals surface area contributed by atoms with Gasteiger partial charge in [0.25, 0.3) is 11.5 Å². The number of aromatic nitrogens is 3. The molecule has 3 aromatic carbocycles. The van der Waals surface area contributed by atoms with Crippen LogP contribution in [0.15, 0.2) is 77.7 Å². The summed E-state index contributed by atoms with van der Waals surface area (Å²) in [5.74, 6) is -0.954. The SMILES string of the molecule is COc1cc2c(Oc3ccc(NC(=O)c4c(C)n(C)n(-c5ccccc5)c4=O)cc3F)ccnc2cc1OCC1(OC(=O)[C@H](C)N)CC1. The largest absolute Gasteiger partial charge is 0.493 e. The van der Waals surface area contributed by atoms with Crippen molar-refractivity contribution in [2.24, 2.45) is 12.8 Å². The maximum Gasteiger partial charge on any atom is 0.323 e. The second-order valence-corrected chi connectivity index (χ2v) is 11.6. The Hall–Kier alpha value is -5.69. The van der Waals surface area contributed by atoms with Gasteiger partial charge in [0.15, 0.2) is 23.1 Å². The number of nitrogens with two attached hydrogens (primary N) is 1. The highest BCUT2D eigenvalue weighted by atomic mass is 19.1. The topological polar surface area (TPSA) is 149 Å². The van der Waals surface area contributed by atoms with Crippen LogP contribution in [0.25, 0.3) is 16.6 Å². The number of carbonyl (C=O) groups is 2. The Balaban J connectivity index is 1.19. The Morgan fingerprint density at radius 2 is 1.79 bits per heavy atom. The average Bonchev–Trinajstić information content (AvgIpc) is 3.79. The summed E-state index contributed by atoms with van der Waals surface area (Å²) >= 11 is 0. The number of nitrogens with zero attached hydrogens (tertiary/aromatic N) is 3. The quantitative estimate of drug-likeness (QED) is 0.187. The van der Waals surface area contributed by atoms with E-state index in [1.807, 2.05) is 6.07 Å². The Bertz CT molecular complexity index is 2090. The van der Waals surface area contributed by atoms with Gasteiger partial charge in [-0.1, -0.05) is 18.2 Å². The predicted octanol–water partition coefficient (Wildman–Crippen LogP) is 5.03. The van der Waals surface area contributed by atoms with E-state index in [0.29, 0.717) is 52.4 Å². The van der Waals surface area contributed by atoms with Gasteiger partial charge < -0.3 is 30.0 Å². The van der Waals surface area contributed by atoms with Gasteiger partial charge >= 0.3 is 5.97 Å². The lowest BCUT2D eigenvalue weighted by molar-refractivity contribution is -0.154. The molecular formula is C35H34FN5O7. The number of rotatable bonds is 11. The van der Waals surface area contributed by atoms with Gasteiger partial charge in [-0.2, -0.15) is 0 Å². The third-order valence-corrected chi connectivity index (χ3v) is 8.17. The molecule has 3 N–H and O–H groups in total. The molecule has 0 aliphatic heterocycles. The zero-order valence-electron chi connectivity index (χ0n) is 26.8. The molecular weight excluding hydrogens is 621 g/mol. The number of halogens is 1. The van der Waals surface area contributed by atoms with Crippen molar-refractivity contribution in [3.8, 4) is 28.7 Å². The fraction of sp³-hybridized carbons (Fsp3) is 0.257.